The van der Waals surface area contributed by atoms with Gasteiger partial charge in [0.25, 0.3) is 0 Å². The third kappa shape index (κ3) is 4.09. The van der Waals surface area contributed by atoms with Gasteiger partial charge in [-0.25, -0.2) is 4.98 Å². The summed E-state index contributed by atoms with van der Waals surface area (Å²) in [5.74, 6) is 0.387. The number of anilines is 1. The zero-order valence-electron chi connectivity index (χ0n) is 16.3. The Bertz CT molecular complexity index is 1030. The second-order valence-corrected chi connectivity index (χ2v) is 6.95. The van der Waals surface area contributed by atoms with E-state index in [1.807, 2.05) is 25.1 Å². The number of aromatic nitrogens is 3. The van der Waals surface area contributed by atoms with Crippen LogP contribution in [0, 0.1) is 12.3 Å². The second-order valence-electron chi connectivity index (χ2n) is 6.95. The number of nitrogens with two attached hydrogens (primary N) is 1. The summed E-state index contributed by atoms with van der Waals surface area (Å²) in [7, 11) is 0. The summed E-state index contributed by atoms with van der Waals surface area (Å²) >= 11 is 0. The predicted octanol–water partition coefficient (Wildman–Crippen LogP) is 3.40. The van der Waals surface area contributed by atoms with Gasteiger partial charge in [0.15, 0.2) is 0 Å². The molecule has 4 heterocycles. The average molecular weight is 389 g/mol. The van der Waals surface area contributed by atoms with Gasteiger partial charge in [0.05, 0.1) is 30.2 Å². The van der Waals surface area contributed by atoms with Crippen LogP contribution in [-0.4, -0.2) is 40.0 Å². The van der Waals surface area contributed by atoms with Gasteiger partial charge in [-0.15, -0.1) is 0 Å². The van der Waals surface area contributed by atoms with Crippen LogP contribution >= 0.6 is 0 Å². The van der Waals surface area contributed by atoms with Gasteiger partial charge < -0.3 is 15.2 Å². The van der Waals surface area contributed by atoms with E-state index in [9.17, 15) is 0 Å². The zero-order chi connectivity index (χ0) is 20.2. The fourth-order valence-corrected chi connectivity index (χ4v) is 3.38. The molecule has 7 nitrogen and oxygen atoms in total. The van der Waals surface area contributed by atoms with Crippen LogP contribution in [0.15, 0.2) is 48.9 Å². The molecule has 1 fully saturated rings. The first-order valence-electron chi connectivity index (χ1n) is 9.59. The molecule has 3 aromatic rings. The minimum atomic E-state index is 0.00986. The lowest BCUT2D eigenvalue weighted by atomic mass is 10.00. The summed E-state index contributed by atoms with van der Waals surface area (Å²) in [6.45, 7) is 3.27. The molecule has 29 heavy (non-hydrogen) atoms. The van der Waals surface area contributed by atoms with Crippen LogP contribution in [0.4, 0.5) is 5.69 Å². The van der Waals surface area contributed by atoms with Crippen LogP contribution < -0.4 is 10.5 Å². The molecule has 0 aromatic carbocycles. The Hall–Kier alpha value is -3.32. The molecule has 0 spiro atoms. The van der Waals surface area contributed by atoms with Crippen LogP contribution in [0.2, 0.25) is 0 Å². The van der Waals surface area contributed by atoms with Crippen molar-refractivity contribution in [2.45, 2.75) is 25.9 Å². The molecule has 148 valence electrons. The first-order valence-corrected chi connectivity index (χ1v) is 9.59. The van der Waals surface area contributed by atoms with E-state index in [1.54, 1.807) is 30.7 Å². The molecule has 0 saturated carbocycles. The number of aryl methyl sites for hydroxylation is 1. The predicted molar refractivity (Wildman–Crippen MR) is 111 cm³/mol. The molecule has 1 saturated heterocycles. The summed E-state index contributed by atoms with van der Waals surface area (Å²) in [5.41, 5.74) is 10.7. The number of hydrogen-bond acceptors (Lipinski definition) is 7. The molecule has 3 aromatic heterocycles. The highest BCUT2D eigenvalue weighted by atomic mass is 16.5. The van der Waals surface area contributed by atoms with Gasteiger partial charge >= 0.3 is 0 Å². The van der Waals surface area contributed by atoms with E-state index < -0.39 is 0 Å². The normalized spacial score (nSPS) is 14.5. The van der Waals surface area contributed by atoms with Crippen molar-refractivity contribution in [3.05, 3.63) is 65.7 Å². The first-order chi connectivity index (χ1) is 14.1. The second kappa shape index (κ2) is 8.36. The monoisotopic (exact) mass is 389 g/mol. The molecule has 4 rings (SSSR count). The largest absolute Gasteiger partial charge is 0.474 e. The molecule has 7 heteroatoms. The maximum absolute atomic E-state index is 8.81. The van der Waals surface area contributed by atoms with Crippen molar-refractivity contribution in [2.75, 3.05) is 18.9 Å². The minimum absolute atomic E-state index is 0.00986. The van der Waals surface area contributed by atoms with Crippen molar-refractivity contribution in [2.24, 2.45) is 0 Å². The molecule has 0 unspecified atom stereocenters. The molecular formula is C22H23N5O2. The highest BCUT2D eigenvalue weighted by Crippen LogP contribution is 2.28. The van der Waals surface area contributed by atoms with Crippen LogP contribution in [0.5, 0.6) is 5.88 Å². The molecule has 0 radical (unpaired) electrons. The average Bonchev–Trinajstić information content (AvgIpc) is 2.75. The van der Waals surface area contributed by atoms with Gasteiger partial charge in [0.1, 0.15) is 6.10 Å². The van der Waals surface area contributed by atoms with Crippen molar-refractivity contribution >= 4 is 11.4 Å². The number of nitrogen functional groups attached to an aromatic ring is 1. The number of nitrogens with one attached hydrogen (secondary N) is 1. The third-order valence-electron chi connectivity index (χ3n) is 4.98. The van der Waals surface area contributed by atoms with Crippen molar-refractivity contribution in [1.29, 1.82) is 5.41 Å². The Kier molecular flexibility index (Phi) is 5.48. The molecule has 1 aliphatic rings. The lowest BCUT2D eigenvalue weighted by molar-refractivity contribution is 0.0237. The molecule has 0 bridgehead atoms. The lowest BCUT2D eigenvalue weighted by Gasteiger charge is -2.24. The molecule has 0 atom stereocenters. The van der Waals surface area contributed by atoms with Crippen molar-refractivity contribution in [3.63, 3.8) is 0 Å². The van der Waals surface area contributed by atoms with E-state index in [0.29, 0.717) is 35.9 Å². The fourth-order valence-electron chi connectivity index (χ4n) is 3.38. The Morgan fingerprint density at radius 1 is 1.10 bits per heavy atom. The van der Waals surface area contributed by atoms with Gasteiger partial charge in [-0.2, -0.15) is 0 Å². The van der Waals surface area contributed by atoms with Crippen LogP contribution in [-0.2, 0) is 4.74 Å². The van der Waals surface area contributed by atoms with Crippen molar-refractivity contribution in [3.8, 4) is 17.1 Å². The maximum Gasteiger partial charge on any atom is 0.225 e. The third-order valence-corrected chi connectivity index (χ3v) is 4.98. The minimum Gasteiger partial charge on any atom is -0.474 e. The zero-order valence-corrected chi connectivity index (χ0v) is 16.3. The van der Waals surface area contributed by atoms with E-state index in [2.05, 4.69) is 15.0 Å². The van der Waals surface area contributed by atoms with Crippen LogP contribution in [0.3, 0.4) is 0 Å². The number of ether oxygens (including phenoxy) is 2. The van der Waals surface area contributed by atoms with Crippen LogP contribution in [0.1, 0.15) is 29.7 Å². The highest BCUT2D eigenvalue weighted by Gasteiger charge is 2.22. The van der Waals surface area contributed by atoms with E-state index in [0.717, 1.165) is 29.8 Å². The lowest BCUT2D eigenvalue weighted by Crippen LogP contribution is -2.27. The topological polar surface area (TPSA) is 107 Å². The summed E-state index contributed by atoms with van der Waals surface area (Å²) in [6.07, 6.45) is 6.65. The molecule has 0 aliphatic carbocycles. The standard InChI is InChI=1S/C22H23N5O2/c1-14-17(3-2-8-25-14)19-13-15(4-9-26-19)21(24)20-18(23)5-10-27-22(20)29-16-6-11-28-12-7-16/h2-5,8-10,13,16,24H,6-7,11-12H2,1H3,(H2,23,27). The fraction of sp³-hybridized carbons (Fsp3) is 0.273. The van der Waals surface area contributed by atoms with Crippen LogP contribution in [0.25, 0.3) is 11.3 Å². The van der Waals surface area contributed by atoms with E-state index >= 15 is 0 Å². The van der Waals surface area contributed by atoms with Gasteiger partial charge in [0.2, 0.25) is 5.88 Å². The quantitative estimate of drug-likeness (QED) is 0.648. The van der Waals surface area contributed by atoms with Gasteiger partial charge in [-0.05, 0) is 37.3 Å². The van der Waals surface area contributed by atoms with Gasteiger partial charge in [-0.1, -0.05) is 0 Å². The molecular weight excluding hydrogens is 366 g/mol. The number of pyridine rings is 3. The molecule has 3 N–H and O–H groups in total. The van der Waals surface area contributed by atoms with E-state index in [1.165, 1.54) is 0 Å². The summed E-state index contributed by atoms with van der Waals surface area (Å²) in [6, 6.07) is 9.20. The van der Waals surface area contributed by atoms with E-state index in [-0.39, 0.29) is 11.8 Å². The Labute approximate surface area is 169 Å². The van der Waals surface area contributed by atoms with Gasteiger partial charge in [-0.3, -0.25) is 15.4 Å². The smallest absolute Gasteiger partial charge is 0.225 e. The summed E-state index contributed by atoms with van der Waals surface area (Å²) in [4.78, 5) is 13.1. The van der Waals surface area contributed by atoms with E-state index in [4.69, 9.17) is 20.6 Å². The Morgan fingerprint density at radius 3 is 2.69 bits per heavy atom. The molecule has 0 amide bonds. The number of rotatable bonds is 5. The SMILES string of the molecule is Cc1ncccc1-c1cc(C(=N)c2c(N)ccnc2OC2CCOCC2)ccn1. The highest BCUT2D eigenvalue weighted by molar-refractivity contribution is 6.15. The Morgan fingerprint density at radius 2 is 1.90 bits per heavy atom. The van der Waals surface area contributed by atoms with Crippen molar-refractivity contribution in [1.82, 2.24) is 15.0 Å². The number of nitrogens with zero attached hydrogens (tertiary/aromatic N) is 3. The van der Waals surface area contributed by atoms with Gasteiger partial charge in [0, 0.05) is 53.9 Å². The number of hydrogen-bond donors (Lipinski definition) is 2. The van der Waals surface area contributed by atoms with Crippen molar-refractivity contribution < 1.29 is 9.47 Å². The maximum atomic E-state index is 8.81. The summed E-state index contributed by atoms with van der Waals surface area (Å²) < 4.78 is 11.5. The Balaban J connectivity index is 1.68. The first kappa shape index (κ1) is 19.0. The summed E-state index contributed by atoms with van der Waals surface area (Å²) in [5, 5.41) is 8.81. The molecule has 1 aliphatic heterocycles.